The normalized spacial score (nSPS) is 22.8. The molecule has 1 aromatic carbocycles. The molecule has 0 aliphatic carbocycles. The highest BCUT2D eigenvalue weighted by molar-refractivity contribution is 9.10. The van der Waals surface area contributed by atoms with Gasteiger partial charge in [-0.05, 0) is 43.9 Å². The lowest BCUT2D eigenvalue weighted by Crippen LogP contribution is -3.13. The summed E-state index contributed by atoms with van der Waals surface area (Å²) in [5.41, 5.74) is 0. The molecule has 1 N–H and O–H groups in total. The largest absolute Gasteiger partial charge is 0.492 e. The second-order valence-corrected chi connectivity index (χ2v) is 7.15. The molecule has 1 saturated heterocycles. The van der Waals surface area contributed by atoms with Gasteiger partial charge in [0.2, 0.25) is 0 Å². The molecule has 4 heteroatoms. The Balaban J connectivity index is 1.61. The molecule has 1 unspecified atom stereocenters. The minimum Gasteiger partial charge on any atom is -0.492 e. The summed E-state index contributed by atoms with van der Waals surface area (Å²) in [6.45, 7) is 7.10. The van der Waals surface area contributed by atoms with E-state index in [9.17, 15) is 0 Å². The van der Waals surface area contributed by atoms with Crippen molar-refractivity contribution in [1.29, 1.82) is 0 Å². The number of halogens is 2. The molecule has 0 spiro atoms. The zero-order chi connectivity index (χ0) is 14.4. The van der Waals surface area contributed by atoms with Crippen LogP contribution in [0.15, 0.2) is 22.7 Å². The fourth-order valence-electron chi connectivity index (χ4n) is 2.88. The van der Waals surface area contributed by atoms with E-state index < -0.39 is 0 Å². The van der Waals surface area contributed by atoms with Gasteiger partial charge in [-0.3, -0.25) is 0 Å². The number of unbranched alkanes of at least 4 members (excludes halogenated alkanes) is 1. The number of benzene rings is 1. The van der Waals surface area contributed by atoms with Crippen molar-refractivity contribution in [1.82, 2.24) is 0 Å². The first-order valence-electron chi connectivity index (χ1n) is 7.56. The van der Waals surface area contributed by atoms with Gasteiger partial charge in [-0.15, -0.1) is 0 Å². The third-order valence-corrected chi connectivity index (χ3v) is 4.73. The topological polar surface area (TPSA) is 13.7 Å². The Kier molecular flexibility index (Phi) is 6.66. The van der Waals surface area contributed by atoms with E-state index in [-0.39, 0.29) is 0 Å². The van der Waals surface area contributed by atoms with Crippen LogP contribution in [-0.2, 0) is 0 Å². The van der Waals surface area contributed by atoms with E-state index in [2.05, 4.69) is 22.9 Å². The molecule has 0 radical (unpaired) electrons. The minimum atomic E-state index is 0.676. The maximum absolute atomic E-state index is 6.12. The van der Waals surface area contributed by atoms with Crippen molar-refractivity contribution < 1.29 is 9.64 Å². The van der Waals surface area contributed by atoms with E-state index in [0.717, 1.165) is 29.2 Å². The van der Waals surface area contributed by atoms with Gasteiger partial charge in [0.1, 0.15) is 5.75 Å². The molecule has 1 aliphatic heterocycles. The second-order valence-electron chi connectivity index (χ2n) is 5.83. The molecule has 2 rings (SSSR count). The molecule has 0 amide bonds. The molecule has 1 aliphatic rings. The first kappa shape index (κ1) is 16.1. The van der Waals surface area contributed by atoms with Crippen molar-refractivity contribution in [3.8, 4) is 5.75 Å². The average molecular weight is 362 g/mol. The zero-order valence-corrected chi connectivity index (χ0v) is 14.5. The highest BCUT2D eigenvalue weighted by atomic mass is 79.9. The van der Waals surface area contributed by atoms with E-state index in [4.69, 9.17) is 16.3 Å². The van der Waals surface area contributed by atoms with Crippen LogP contribution in [-0.4, -0.2) is 26.2 Å². The number of likely N-dealkylation sites (tertiary alicyclic amines) is 1. The van der Waals surface area contributed by atoms with Crippen LogP contribution in [0.4, 0.5) is 0 Å². The Hall–Kier alpha value is -0.250. The second kappa shape index (κ2) is 8.26. The average Bonchev–Trinajstić information content (AvgIpc) is 2.41. The molecule has 1 heterocycles. The summed E-state index contributed by atoms with van der Waals surface area (Å²) in [7, 11) is 0. The van der Waals surface area contributed by atoms with E-state index >= 15 is 0 Å². The highest BCUT2D eigenvalue weighted by Crippen LogP contribution is 2.27. The van der Waals surface area contributed by atoms with Crippen LogP contribution >= 0.6 is 27.5 Å². The van der Waals surface area contributed by atoms with Crippen molar-refractivity contribution in [2.24, 2.45) is 5.92 Å². The molecular weight excluding hydrogens is 338 g/mol. The van der Waals surface area contributed by atoms with Gasteiger partial charge >= 0.3 is 0 Å². The van der Waals surface area contributed by atoms with Gasteiger partial charge in [-0.2, -0.15) is 0 Å². The molecule has 0 bridgehead atoms. The first-order valence-corrected chi connectivity index (χ1v) is 8.73. The van der Waals surface area contributed by atoms with Crippen molar-refractivity contribution in [2.75, 3.05) is 26.2 Å². The van der Waals surface area contributed by atoms with Crippen LogP contribution in [0.1, 0.15) is 32.6 Å². The molecule has 0 saturated carbocycles. The zero-order valence-electron chi connectivity index (χ0n) is 12.1. The van der Waals surface area contributed by atoms with Gasteiger partial charge in [0.15, 0.2) is 0 Å². The van der Waals surface area contributed by atoms with Crippen molar-refractivity contribution in [2.45, 2.75) is 32.6 Å². The fourth-order valence-corrected chi connectivity index (χ4v) is 3.60. The van der Waals surface area contributed by atoms with E-state index in [1.165, 1.54) is 38.9 Å². The van der Waals surface area contributed by atoms with E-state index in [1.54, 1.807) is 4.90 Å². The van der Waals surface area contributed by atoms with Crippen LogP contribution in [0.5, 0.6) is 5.75 Å². The van der Waals surface area contributed by atoms with Crippen LogP contribution < -0.4 is 9.64 Å². The summed E-state index contributed by atoms with van der Waals surface area (Å²) in [5, 5.41) is 0.676. The third kappa shape index (κ3) is 5.27. The number of hydrogen-bond donors (Lipinski definition) is 1. The summed E-state index contributed by atoms with van der Waals surface area (Å²) < 4.78 is 6.72. The number of ether oxygens (including phenoxy) is 1. The van der Waals surface area contributed by atoms with Crippen LogP contribution in [0.25, 0.3) is 0 Å². The standard InChI is InChI=1S/C16H23BrClNO/c1-13-5-4-9-19(12-13)8-2-3-10-20-16-7-6-14(17)11-15(16)18/h6-7,11,13H,2-5,8-10,12H2,1H3/p+1/t13-/m1/s1. The van der Waals surface area contributed by atoms with Crippen molar-refractivity contribution in [3.05, 3.63) is 27.7 Å². The Morgan fingerprint density at radius 2 is 2.25 bits per heavy atom. The Labute approximate surface area is 135 Å². The molecule has 2 atom stereocenters. The molecule has 112 valence electrons. The third-order valence-electron chi connectivity index (χ3n) is 3.94. The predicted octanol–water partition coefficient (Wildman–Crippen LogP) is 3.58. The van der Waals surface area contributed by atoms with Gasteiger partial charge in [0.25, 0.3) is 0 Å². The highest BCUT2D eigenvalue weighted by Gasteiger charge is 2.18. The number of piperidine rings is 1. The summed E-state index contributed by atoms with van der Waals surface area (Å²) in [6, 6.07) is 5.75. The van der Waals surface area contributed by atoms with Gasteiger partial charge < -0.3 is 9.64 Å². The van der Waals surface area contributed by atoms with E-state index in [1.807, 2.05) is 18.2 Å². The summed E-state index contributed by atoms with van der Waals surface area (Å²) in [6.07, 6.45) is 5.14. The summed E-state index contributed by atoms with van der Waals surface area (Å²) >= 11 is 9.52. The van der Waals surface area contributed by atoms with Gasteiger partial charge in [0.05, 0.1) is 31.3 Å². The van der Waals surface area contributed by atoms with Gasteiger partial charge in [0, 0.05) is 10.4 Å². The molecule has 2 nitrogen and oxygen atoms in total. The number of quaternary nitrogens is 1. The Morgan fingerprint density at radius 3 is 3.00 bits per heavy atom. The summed E-state index contributed by atoms with van der Waals surface area (Å²) in [5.74, 6) is 1.69. The van der Waals surface area contributed by atoms with Gasteiger partial charge in [-0.1, -0.05) is 34.5 Å². The van der Waals surface area contributed by atoms with Crippen molar-refractivity contribution >= 4 is 27.5 Å². The monoisotopic (exact) mass is 360 g/mol. The summed E-state index contributed by atoms with van der Waals surface area (Å²) in [4.78, 5) is 1.77. The quantitative estimate of drug-likeness (QED) is 0.765. The predicted molar refractivity (Wildman–Crippen MR) is 87.8 cm³/mol. The lowest BCUT2D eigenvalue weighted by atomic mass is 10.0. The first-order chi connectivity index (χ1) is 9.65. The van der Waals surface area contributed by atoms with Crippen molar-refractivity contribution in [3.63, 3.8) is 0 Å². The Bertz CT molecular complexity index is 427. The lowest BCUT2D eigenvalue weighted by molar-refractivity contribution is -0.908. The molecule has 1 fully saturated rings. The lowest BCUT2D eigenvalue weighted by Gasteiger charge is -2.27. The Morgan fingerprint density at radius 1 is 1.40 bits per heavy atom. The molecular formula is C16H24BrClNO+. The number of hydrogen-bond acceptors (Lipinski definition) is 1. The van der Waals surface area contributed by atoms with Gasteiger partial charge in [-0.25, -0.2) is 0 Å². The van der Waals surface area contributed by atoms with Crippen LogP contribution in [0.3, 0.4) is 0 Å². The number of rotatable bonds is 6. The molecule has 20 heavy (non-hydrogen) atoms. The molecule has 1 aromatic rings. The number of nitrogens with one attached hydrogen (secondary N) is 1. The minimum absolute atomic E-state index is 0.676. The van der Waals surface area contributed by atoms with E-state index in [0.29, 0.717) is 5.02 Å². The maximum Gasteiger partial charge on any atom is 0.137 e. The smallest absolute Gasteiger partial charge is 0.137 e. The molecule has 0 aromatic heterocycles. The van der Waals surface area contributed by atoms with Crippen LogP contribution in [0.2, 0.25) is 5.02 Å². The maximum atomic E-state index is 6.12. The van der Waals surface area contributed by atoms with Crippen LogP contribution in [0, 0.1) is 5.92 Å². The SMILES string of the molecule is C[C@@H]1CCC[NH+](CCCCOc2ccc(Br)cc2Cl)C1. The fraction of sp³-hybridized carbons (Fsp3) is 0.625.